The normalized spacial score (nSPS) is 22.2. The highest BCUT2D eigenvalue weighted by atomic mass is 16.2. The fourth-order valence-electron chi connectivity index (χ4n) is 3.09. The van der Waals surface area contributed by atoms with Crippen molar-refractivity contribution in [3.8, 4) is 0 Å². The number of hydrogen-bond acceptors (Lipinski definition) is 3. The Morgan fingerprint density at radius 3 is 2.89 bits per heavy atom. The summed E-state index contributed by atoms with van der Waals surface area (Å²) in [4.78, 5) is 16.8. The molecule has 0 aromatic heterocycles. The maximum absolute atomic E-state index is 12.6. The molecule has 3 rings (SSSR count). The van der Waals surface area contributed by atoms with Gasteiger partial charge in [0.2, 0.25) is 0 Å². The van der Waals surface area contributed by atoms with Gasteiger partial charge in [0.1, 0.15) is 6.04 Å². The van der Waals surface area contributed by atoms with Crippen LogP contribution in [0.2, 0.25) is 0 Å². The Labute approximate surface area is 114 Å². The molecule has 1 aromatic carbocycles. The molecule has 19 heavy (non-hydrogen) atoms. The fraction of sp³-hybridized carbons (Fsp3) is 0.533. The summed E-state index contributed by atoms with van der Waals surface area (Å²) >= 11 is 0. The average molecular weight is 259 g/mol. The third-order valence-corrected chi connectivity index (χ3v) is 4.16. The van der Waals surface area contributed by atoms with Crippen LogP contribution >= 0.6 is 0 Å². The highest BCUT2D eigenvalue weighted by molar-refractivity contribution is 6.05. The molecule has 1 aromatic rings. The summed E-state index contributed by atoms with van der Waals surface area (Å²) in [6, 6.07) is 6.51. The molecule has 0 bridgehead atoms. The third-order valence-electron chi connectivity index (χ3n) is 4.16. The first-order chi connectivity index (χ1) is 9.26. The molecule has 0 aliphatic carbocycles. The molecule has 102 valence electrons. The number of piperazine rings is 1. The first-order valence-electron chi connectivity index (χ1n) is 7.18. The first-order valence-corrected chi connectivity index (χ1v) is 7.18. The van der Waals surface area contributed by atoms with Gasteiger partial charge in [-0.15, -0.1) is 0 Å². The molecule has 4 nitrogen and oxygen atoms in total. The van der Waals surface area contributed by atoms with Crippen molar-refractivity contribution in [1.82, 2.24) is 5.32 Å². The largest absolute Gasteiger partial charge is 0.355 e. The molecular formula is C15H21N3O. The van der Waals surface area contributed by atoms with Gasteiger partial charge in [-0.2, -0.15) is 0 Å². The topological polar surface area (TPSA) is 35.6 Å². The molecule has 1 N–H and O–H groups in total. The highest BCUT2D eigenvalue weighted by Crippen LogP contribution is 2.37. The molecule has 2 aliphatic heterocycles. The van der Waals surface area contributed by atoms with Crippen molar-refractivity contribution in [2.45, 2.75) is 26.3 Å². The van der Waals surface area contributed by atoms with Crippen LogP contribution in [0.4, 0.5) is 11.4 Å². The van der Waals surface area contributed by atoms with Crippen LogP contribution < -0.4 is 15.1 Å². The number of nitrogens with one attached hydrogen (secondary N) is 1. The number of carbonyl (C=O) groups excluding carboxylic acids is 1. The van der Waals surface area contributed by atoms with Crippen LogP contribution in [0.15, 0.2) is 18.2 Å². The number of anilines is 2. The quantitative estimate of drug-likeness (QED) is 0.872. The lowest BCUT2D eigenvalue weighted by Gasteiger charge is -2.45. The zero-order valence-corrected chi connectivity index (χ0v) is 11.6. The van der Waals surface area contributed by atoms with E-state index < -0.39 is 0 Å². The number of benzene rings is 1. The SMILES string of the molecule is CCc1ccc2c(c1)N(CC)C(=O)C1CNCCN21. The van der Waals surface area contributed by atoms with Crippen LogP contribution in [0.1, 0.15) is 19.4 Å². The smallest absolute Gasteiger partial charge is 0.251 e. The molecule has 0 spiro atoms. The zero-order valence-electron chi connectivity index (χ0n) is 11.6. The molecule has 1 atom stereocenters. The van der Waals surface area contributed by atoms with Gasteiger partial charge in [-0.3, -0.25) is 4.79 Å². The van der Waals surface area contributed by atoms with Crippen molar-refractivity contribution < 1.29 is 4.79 Å². The predicted octanol–water partition coefficient (Wildman–Crippen LogP) is 1.39. The second kappa shape index (κ2) is 4.85. The van der Waals surface area contributed by atoms with E-state index in [4.69, 9.17) is 0 Å². The summed E-state index contributed by atoms with van der Waals surface area (Å²) < 4.78 is 0. The summed E-state index contributed by atoms with van der Waals surface area (Å²) in [6.45, 7) is 7.55. The monoisotopic (exact) mass is 259 g/mol. The Morgan fingerprint density at radius 1 is 1.32 bits per heavy atom. The summed E-state index contributed by atoms with van der Waals surface area (Å²) in [6.07, 6.45) is 1.00. The molecule has 4 heteroatoms. The van der Waals surface area contributed by atoms with Crippen LogP contribution in [0.3, 0.4) is 0 Å². The third kappa shape index (κ3) is 1.91. The van der Waals surface area contributed by atoms with Gasteiger partial charge >= 0.3 is 0 Å². The number of likely N-dealkylation sites (N-methyl/N-ethyl adjacent to an activating group) is 1. The van der Waals surface area contributed by atoms with E-state index in [9.17, 15) is 4.79 Å². The second-order valence-electron chi connectivity index (χ2n) is 5.17. The van der Waals surface area contributed by atoms with Gasteiger partial charge in [0, 0.05) is 26.2 Å². The van der Waals surface area contributed by atoms with Gasteiger partial charge in [0.05, 0.1) is 11.4 Å². The van der Waals surface area contributed by atoms with Gasteiger partial charge in [-0.25, -0.2) is 0 Å². The van der Waals surface area contributed by atoms with E-state index in [-0.39, 0.29) is 11.9 Å². The van der Waals surface area contributed by atoms with E-state index in [0.717, 1.165) is 38.3 Å². The number of carbonyl (C=O) groups is 1. The van der Waals surface area contributed by atoms with E-state index in [1.165, 1.54) is 11.3 Å². The van der Waals surface area contributed by atoms with Crippen molar-refractivity contribution in [3.63, 3.8) is 0 Å². The molecule has 1 unspecified atom stereocenters. The highest BCUT2D eigenvalue weighted by Gasteiger charge is 2.38. The molecule has 2 aliphatic rings. The minimum absolute atomic E-state index is 0.0336. The van der Waals surface area contributed by atoms with Crippen LogP contribution in [-0.2, 0) is 11.2 Å². The Bertz CT molecular complexity index is 500. The van der Waals surface area contributed by atoms with Crippen LogP contribution in [0.5, 0.6) is 0 Å². The van der Waals surface area contributed by atoms with Gasteiger partial charge in [-0.1, -0.05) is 13.0 Å². The van der Waals surface area contributed by atoms with Crippen LogP contribution in [-0.4, -0.2) is 38.1 Å². The number of aryl methyl sites for hydroxylation is 1. The van der Waals surface area contributed by atoms with Crippen molar-refractivity contribution in [2.75, 3.05) is 36.0 Å². The number of rotatable bonds is 2. The summed E-state index contributed by atoms with van der Waals surface area (Å²) in [5.74, 6) is 0.232. The fourth-order valence-corrected chi connectivity index (χ4v) is 3.09. The Balaban J connectivity index is 2.10. The second-order valence-corrected chi connectivity index (χ2v) is 5.17. The number of fused-ring (bicyclic) bond motifs is 3. The molecule has 1 amide bonds. The zero-order chi connectivity index (χ0) is 13.4. The van der Waals surface area contributed by atoms with Crippen LogP contribution in [0.25, 0.3) is 0 Å². The summed E-state index contributed by atoms with van der Waals surface area (Å²) in [5, 5.41) is 3.32. The van der Waals surface area contributed by atoms with Gasteiger partial charge in [-0.05, 0) is 31.0 Å². The minimum atomic E-state index is -0.0336. The standard InChI is InChI=1S/C15H21N3O/c1-3-11-5-6-12-13(9-11)17(4-2)15(19)14-10-16-7-8-18(12)14/h5-6,9,14,16H,3-4,7-8,10H2,1-2H3. The predicted molar refractivity (Wildman–Crippen MR) is 77.9 cm³/mol. The Hall–Kier alpha value is -1.55. The minimum Gasteiger partial charge on any atom is -0.355 e. The van der Waals surface area contributed by atoms with E-state index in [1.807, 2.05) is 11.8 Å². The van der Waals surface area contributed by atoms with Crippen molar-refractivity contribution in [2.24, 2.45) is 0 Å². The molecule has 0 radical (unpaired) electrons. The molecular weight excluding hydrogens is 238 g/mol. The molecule has 0 saturated carbocycles. The lowest BCUT2D eigenvalue weighted by molar-refractivity contribution is -0.120. The number of amides is 1. The van der Waals surface area contributed by atoms with Crippen molar-refractivity contribution in [1.29, 1.82) is 0 Å². The molecule has 1 fully saturated rings. The average Bonchev–Trinajstić information content (AvgIpc) is 2.47. The van der Waals surface area contributed by atoms with E-state index in [2.05, 4.69) is 35.3 Å². The Kier molecular flexibility index (Phi) is 3.19. The van der Waals surface area contributed by atoms with E-state index >= 15 is 0 Å². The first kappa shape index (κ1) is 12.5. The maximum Gasteiger partial charge on any atom is 0.251 e. The number of nitrogens with zero attached hydrogens (tertiary/aromatic N) is 2. The van der Waals surface area contributed by atoms with E-state index in [1.54, 1.807) is 0 Å². The number of hydrogen-bond donors (Lipinski definition) is 1. The molecule has 1 saturated heterocycles. The molecule has 2 heterocycles. The maximum atomic E-state index is 12.6. The lowest BCUT2D eigenvalue weighted by atomic mass is 10.0. The van der Waals surface area contributed by atoms with E-state index in [0.29, 0.717) is 0 Å². The van der Waals surface area contributed by atoms with Crippen LogP contribution in [0, 0.1) is 0 Å². The van der Waals surface area contributed by atoms with Gasteiger partial charge in [0.25, 0.3) is 5.91 Å². The summed E-state index contributed by atoms with van der Waals surface area (Å²) in [5.41, 5.74) is 3.59. The van der Waals surface area contributed by atoms with Crippen molar-refractivity contribution in [3.05, 3.63) is 23.8 Å². The lowest BCUT2D eigenvalue weighted by Crippen LogP contribution is -2.61. The summed E-state index contributed by atoms with van der Waals surface area (Å²) in [7, 11) is 0. The Morgan fingerprint density at radius 2 is 2.16 bits per heavy atom. The van der Waals surface area contributed by atoms with Gasteiger partial charge in [0.15, 0.2) is 0 Å². The van der Waals surface area contributed by atoms with Crippen molar-refractivity contribution >= 4 is 17.3 Å². The van der Waals surface area contributed by atoms with Gasteiger partial charge < -0.3 is 15.1 Å².